The van der Waals surface area contributed by atoms with E-state index in [4.69, 9.17) is 34.8 Å². The molecule has 0 atom stereocenters. The van der Waals surface area contributed by atoms with Crippen molar-refractivity contribution in [2.75, 3.05) is 0 Å². The second-order valence-corrected chi connectivity index (χ2v) is 3.42. The zero-order valence-electron chi connectivity index (χ0n) is 4.40. The van der Waals surface area contributed by atoms with E-state index in [9.17, 15) is 9.59 Å². The van der Waals surface area contributed by atoms with E-state index in [1.807, 2.05) is 0 Å². The van der Waals surface area contributed by atoms with Gasteiger partial charge in [-0.3, -0.25) is 4.79 Å². The van der Waals surface area contributed by atoms with Crippen LogP contribution in [0.4, 0.5) is 0 Å². The number of carbonyl (C=O) groups excluding carboxylic acids is 2. The molecule has 0 saturated heterocycles. The molecular formula is C3HCl3N2O2. The van der Waals surface area contributed by atoms with Crippen LogP contribution < -0.4 is 5.43 Å². The highest BCUT2D eigenvalue weighted by Gasteiger charge is 2.30. The van der Waals surface area contributed by atoms with Crippen molar-refractivity contribution in [3.8, 4) is 0 Å². The third-order valence-corrected chi connectivity index (χ3v) is 0.975. The Morgan fingerprint density at radius 3 is 2.30 bits per heavy atom. The van der Waals surface area contributed by atoms with Gasteiger partial charge in [-0.2, -0.15) is 0 Å². The number of isocyanates is 1. The van der Waals surface area contributed by atoms with Crippen LogP contribution in [0, 0.1) is 0 Å². The molecule has 0 fully saturated rings. The van der Waals surface area contributed by atoms with E-state index in [1.165, 1.54) is 0 Å². The Morgan fingerprint density at radius 1 is 1.50 bits per heavy atom. The lowest BCUT2D eigenvalue weighted by Gasteiger charge is -2.05. The van der Waals surface area contributed by atoms with Gasteiger partial charge in [-0.25, -0.2) is 10.2 Å². The van der Waals surface area contributed by atoms with Crippen molar-refractivity contribution in [3.05, 3.63) is 0 Å². The van der Waals surface area contributed by atoms with Gasteiger partial charge in [0, 0.05) is 0 Å². The summed E-state index contributed by atoms with van der Waals surface area (Å²) in [4.78, 5) is 19.8. The fraction of sp³-hybridized carbons (Fsp3) is 0.333. The lowest BCUT2D eigenvalue weighted by Crippen LogP contribution is -2.30. The molecule has 0 aromatic heterocycles. The monoisotopic (exact) mass is 202 g/mol. The highest BCUT2D eigenvalue weighted by Crippen LogP contribution is 2.25. The van der Waals surface area contributed by atoms with Crippen molar-refractivity contribution in [2.45, 2.75) is 3.79 Å². The number of rotatable bonds is 1. The van der Waals surface area contributed by atoms with Crippen molar-refractivity contribution < 1.29 is 9.59 Å². The summed E-state index contributed by atoms with van der Waals surface area (Å²) in [5, 5.41) is 2.68. The van der Waals surface area contributed by atoms with Crippen LogP contribution in [0.5, 0.6) is 0 Å². The zero-order chi connectivity index (χ0) is 8.20. The SMILES string of the molecule is O=C=NNC(=O)C(Cl)(Cl)Cl. The van der Waals surface area contributed by atoms with E-state index < -0.39 is 9.70 Å². The topological polar surface area (TPSA) is 58.5 Å². The molecule has 1 amide bonds. The van der Waals surface area contributed by atoms with Crippen LogP contribution in [0.25, 0.3) is 0 Å². The van der Waals surface area contributed by atoms with Crippen LogP contribution in [0.1, 0.15) is 0 Å². The number of amides is 1. The summed E-state index contributed by atoms with van der Waals surface area (Å²) in [7, 11) is 0. The number of hydrogen-bond acceptors (Lipinski definition) is 3. The van der Waals surface area contributed by atoms with Gasteiger partial charge in [0.15, 0.2) is 0 Å². The number of hydrogen-bond donors (Lipinski definition) is 1. The van der Waals surface area contributed by atoms with Crippen molar-refractivity contribution in [1.82, 2.24) is 5.43 Å². The number of halogens is 3. The van der Waals surface area contributed by atoms with E-state index in [1.54, 1.807) is 5.43 Å². The number of alkyl halides is 3. The first-order valence-electron chi connectivity index (χ1n) is 1.92. The molecule has 0 aliphatic rings. The molecule has 0 bridgehead atoms. The van der Waals surface area contributed by atoms with E-state index in [2.05, 4.69) is 5.10 Å². The Balaban J connectivity index is 3.98. The normalized spacial score (nSPS) is 9.90. The van der Waals surface area contributed by atoms with E-state index in [0.717, 1.165) is 6.08 Å². The van der Waals surface area contributed by atoms with Crippen LogP contribution in [0.2, 0.25) is 0 Å². The van der Waals surface area contributed by atoms with Gasteiger partial charge < -0.3 is 0 Å². The summed E-state index contributed by atoms with van der Waals surface area (Å²) in [6.45, 7) is 0. The van der Waals surface area contributed by atoms with Gasteiger partial charge in [0.2, 0.25) is 0 Å². The van der Waals surface area contributed by atoms with E-state index >= 15 is 0 Å². The first-order valence-corrected chi connectivity index (χ1v) is 3.06. The molecule has 0 rings (SSSR count). The fourth-order valence-corrected chi connectivity index (χ4v) is 0.264. The molecule has 0 radical (unpaired) electrons. The Kier molecular flexibility index (Phi) is 3.68. The lowest BCUT2D eigenvalue weighted by atomic mass is 10.7. The molecule has 0 aliphatic heterocycles. The second kappa shape index (κ2) is 3.78. The third-order valence-electron chi connectivity index (χ3n) is 0.461. The van der Waals surface area contributed by atoms with Crippen molar-refractivity contribution in [3.63, 3.8) is 0 Å². The van der Waals surface area contributed by atoms with E-state index in [0.29, 0.717) is 0 Å². The summed E-state index contributed by atoms with van der Waals surface area (Å²) >= 11 is 15.1. The minimum Gasteiger partial charge on any atom is -0.268 e. The molecule has 0 aliphatic carbocycles. The smallest absolute Gasteiger partial charge is 0.268 e. The maximum Gasteiger partial charge on any atom is 0.292 e. The van der Waals surface area contributed by atoms with Gasteiger partial charge in [-0.05, 0) is 0 Å². The molecule has 1 N–H and O–H groups in total. The zero-order valence-corrected chi connectivity index (χ0v) is 6.67. The summed E-state index contributed by atoms with van der Waals surface area (Å²) in [6, 6.07) is 0. The molecule has 10 heavy (non-hydrogen) atoms. The molecule has 56 valence electrons. The van der Waals surface area contributed by atoms with Crippen LogP contribution >= 0.6 is 34.8 Å². The molecule has 0 unspecified atom stereocenters. The van der Waals surface area contributed by atoms with Crippen LogP contribution in [0.3, 0.4) is 0 Å². The number of carbonyl (C=O) groups is 1. The minimum absolute atomic E-state index is 0.999. The van der Waals surface area contributed by atoms with Crippen LogP contribution in [-0.4, -0.2) is 15.8 Å². The average molecular weight is 203 g/mol. The predicted molar refractivity (Wildman–Crippen MR) is 36.6 cm³/mol. The Hall–Kier alpha value is -0.280. The van der Waals surface area contributed by atoms with Crippen LogP contribution in [0.15, 0.2) is 5.10 Å². The highest BCUT2D eigenvalue weighted by atomic mass is 35.6. The van der Waals surface area contributed by atoms with Crippen LogP contribution in [-0.2, 0) is 9.59 Å². The standard InChI is InChI=1S/C3HCl3N2O2/c4-3(5,6)2(10)8-7-1-9/h(H,8,10). The predicted octanol–water partition coefficient (Wildman–Crippen LogP) is 0.724. The molecular weight excluding hydrogens is 202 g/mol. The first kappa shape index (κ1) is 9.72. The molecule has 0 saturated carbocycles. The number of hydrazone groups is 1. The molecule has 0 aromatic rings. The maximum absolute atomic E-state index is 10.4. The maximum atomic E-state index is 10.4. The largest absolute Gasteiger partial charge is 0.292 e. The Bertz CT molecular complexity index is 181. The van der Waals surface area contributed by atoms with Crippen molar-refractivity contribution >= 4 is 46.8 Å². The minimum atomic E-state index is -2.10. The molecule has 4 nitrogen and oxygen atoms in total. The third kappa shape index (κ3) is 3.69. The van der Waals surface area contributed by atoms with Gasteiger partial charge >= 0.3 is 0 Å². The Labute approximate surface area is 71.1 Å². The molecule has 0 heterocycles. The van der Waals surface area contributed by atoms with E-state index in [-0.39, 0.29) is 0 Å². The fourth-order valence-electron chi connectivity index (χ4n) is 0.137. The lowest BCUT2D eigenvalue weighted by molar-refractivity contribution is -0.120. The average Bonchev–Trinajstić information content (AvgIpc) is 1.80. The quantitative estimate of drug-likeness (QED) is 0.295. The second-order valence-electron chi connectivity index (χ2n) is 1.14. The molecule has 0 spiro atoms. The van der Waals surface area contributed by atoms with Gasteiger partial charge in [0.1, 0.15) is 0 Å². The van der Waals surface area contributed by atoms with Crippen molar-refractivity contribution in [2.24, 2.45) is 5.10 Å². The number of nitrogens with zero attached hydrogens (tertiary/aromatic N) is 1. The van der Waals surface area contributed by atoms with Gasteiger partial charge in [0.05, 0.1) is 0 Å². The summed E-state index contributed by atoms with van der Waals surface area (Å²) in [5.74, 6) is -0.999. The van der Waals surface area contributed by atoms with Gasteiger partial charge in [0.25, 0.3) is 15.8 Å². The highest BCUT2D eigenvalue weighted by molar-refractivity contribution is 6.76. The number of nitrogens with one attached hydrogen (secondary N) is 1. The first-order chi connectivity index (χ1) is 4.48. The Morgan fingerprint density at radius 2 is 2.00 bits per heavy atom. The van der Waals surface area contributed by atoms with Gasteiger partial charge in [-0.15, -0.1) is 0 Å². The van der Waals surface area contributed by atoms with Crippen molar-refractivity contribution in [1.29, 1.82) is 0 Å². The summed E-state index contributed by atoms with van der Waals surface area (Å²) in [6.07, 6.45) is 1.04. The van der Waals surface area contributed by atoms with Gasteiger partial charge in [-0.1, -0.05) is 39.9 Å². The molecule has 0 aromatic carbocycles. The summed E-state index contributed by atoms with van der Waals surface area (Å²) < 4.78 is -2.10. The molecule has 7 heteroatoms. The summed E-state index contributed by atoms with van der Waals surface area (Å²) in [5.41, 5.74) is 1.64.